The Kier molecular flexibility index (Phi) is 5.00. The number of aliphatic carboxylic acids is 1. The molecule has 3 aromatic carbocycles. The van der Waals surface area contributed by atoms with Gasteiger partial charge in [-0.3, -0.25) is 4.79 Å². The van der Waals surface area contributed by atoms with Gasteiger partial charge in [0.1, 0.15) is 18.1 Å². The number of phenolic OH excluding ortho intramolecular Hbond substituents is 1. The van der Waals surface area contributed by atoms with Crippen molar-refractivity contribution in [1.82, 2.24) is 0 Å². The van der Waals surface area contributed by atoms with E-state index in [1.54, 1.807) is 30.3 Å². The maximum Gasteiger partial charge on any atom is 0.307 e. The predicted molar refractivity (Wildman–Crippen MR) is 95.7 cm³/mol. The van der Waals surface area contributed by atoms with E-state index in [-0.39, 0.29) is 12.2 Å². The van der Waals surface area contributed by atoms with Crippen molar-refractivity contribution in [3.63, 3.8) is 0 Å². The molecule has 0 aliphatic carbocycles. The molecule has 0 aromatic heterocycles. The predicted octanol–water partition coefficient (Wildman–Crippen LogP) is 4.27. The Morgan fingerprint density at radius 3 is 2.24 bits per heavy atom. The van der Waals surface area contributed by atoms with Crippen molar-refractivity contribution in [2.75, 3.05) is 0 Å². The minimum atomic E-state index is -0.892. The van der Waals surface area contributed by atoms with Gasteiger partial charge in [-0.1, -0.05) is 48.5 Å². The van der Waals surface area contributed by atoms with E-state index in [0.717, 1.165) is 16.7 Å². The minimum Gasteiger partial charge on any atom is -0.508 e. The molecule has 25 heavy (non-hydrogen) atoms. The van der Waals surface area contributed by atoms with Crippen LogP contribution >= 0.6 is 0 Å². The maximum atomic E-state index is 11.1. The summed E-state index contributed by atoms with van der Waals surface area (Å²) >= 11 is 0. The number of carboxylic acids is 1. The molecule has 0 unspecified atom stereocenters. The van der Waals surface area contributed by atoms with E-state index in [1.807, 2.05) is 42.5 Å². The van der Waals surface area contributed by atoms with E-state index in [9.17, 15) is 9.90 Å². The number of hydrogen-bond acceptors (Lipinski definition) is 3. The summed E-state index contributed by atoms with van der Waals surface area (Å²) in [5.74, 6) is -0.0893. The van der Waals surface area contributed by atoms with Crippen LogP contribution in [0.1, 0.15) is 11.1 Å². The lowest BCUT2D eigenvalue weighted by Crippen LogP contribution is -2.02. The summed E-state index contributed by atoms with van der Waals surface area (Å²) in [6, 6.07) is 22.0. The smallest absolute Gasteiger partial charge is 0.307 e. The average molecular weight is 334 g/mol. The summed E-state index contributed by atoms with van der Waals surface area (Å²) in [4.78, 5) is 11.1. The van der Waals surface area contributed by atoms with E-state index >= 15 is 0 Å². The van der Waals surface area contributed by atoms with E-state index in [4.69, 9.17) is 9.84 Å². The molecule has 4 heteroatoms. The summed E-state index contributed by atoms with van der Waals surface area (Å²) in [6.45, 7) is 0.409. The fourth-order valence-corrected chi connectivity index (χ4v) is 2.58. The molecule has 126 valence electrons. The molecule has 0 aliphatic heterocycles. The molecule has 2 N–H and O–H groups in total. The van der Waals surface area contributed by atoms with Crippen LogP contribution < -0.4 is 4.74 Å². The second-order valence-corrected chi connectivity index (χ2v) is 5.76. The van der Waals surface area contributed by atoms with Crippen molar-refractivity contribution in [3.05, 3.63) is 83.9 Å². The van der Waals surface area contributed by atoms with Crippen molar-refractivity contribution < 1.29 is 19.7 Å². The van der Waals surface area contributed by atoms with Gasteiger partial charge in [-0.05, 0) is 46.5 Å². The Morgan fingerprint density at radius 2 is 1.56 bits per heavy atom. The quantitative estimate of drug-likeness (QED) is 0.706. The van der Waals surface area contributed by atoms with Crippen molar-refractivity contribution in [3.8, 4) is 22.6 Å². The zero-order chi connectivity index (χ0) is 17.6. The highest BCUT2D eigenvalue weighted by molar-refractivity contribution is 5.73. The minimum absolute atomic E-state index is 0.0758. The Bertz CT molecular complexity index is 855. The first-order valence-electron chi connectivity index (χ1n) is 7.92. The maximum absolute atomic E-state index is 11.1. The number of rotatable bonds is 6. The van der Waals surface area contributed by atoms with Gasteiger partial charge >= 0.3 is 5.97 Å². The molecule has 0 atom stereocenters. The van der Waals surface area contributed by atoms with Crippen LogP contribution in [0.4, 0.5) is 0 Å². The molecule has 3 rings (SSSR count). The third-order valence-electron chi connectivity index (χ3n) is 3.77. The SMILES string of the molecule is O=C(O)Cc1cc(OCc2ccccc2)cc(-c2ccc(O)cc2)c1. The summed E-state index contributed by atoms with van der Waals surface area (Å²) in [5, 5.41) is 18.5. The normalized spacial score (nSPS) is 10.4. The van der Waals surface area contributed by atoms with Gasteiger partial charge in [0.2, 0.25) is 0 Å². The van der Waals surface area contributed by atoms with E-state index < -0.39 is 5.97 Å². The number of carbonyl (C=O) groups is 1. The van der Waals surface area contributed by atoms with Crippen LogP contribution in [0.3, 0.4) is 0 Å². The van der Waals surface area contributed by atoms with Gasteiger partial charge in [0.05, 0.1) is 6.42 Å². The number of ether oxygens (including phenoxy) is 1. The summed E-state index contributed by atoms with van der Waals surface area (Å²) in [7, 11) is 0. The van der Waals surface area contributed by atoms with Gasteiger partial charge in [0, 0.05) is 0 Å². The molecule has 0 spiro atoms. The number of benzene rings is 3. The Hall–Kier alpha value is -3.27. The molecule has 0 bridgehead atoms. The van der Waals surface area contributed by atoms with Gasteiger partial charge in [0.15, 0.2) is 0 Å². The molecule has 0 saturated carbocycles. The fraction of sp³-hybridized carbons (Fsp3) is 0.0952. The number of aromatic hydroxyl groups is 1. The lowest BCUT2D eigenvalue weighted by atomic mass is 10.0. The summed E-state index contributed by atoms with van der Waals surface area (Å²) in [6.07, 6.45) is -0.0758. The molecule has 0 amide bonds. The van der Waals surface area contributed by atoms with Crippen molar-refractivity contribution in [2.45, 2.75) is 13.0 Å². The molecule has 0 heterocycles. The lowest BCUT2D eigenvalue weighted by molar-refractivity contribution is -0.136. The molecule has 4 nitrogen and oxygen atoms in total. The fourth-order valence-electron chi connectivity index (χ4n) is 2.58. The second-order valence-electron chi connectivity index (χ2n) is 5.76. The van der Waals surface area contributed by atoms with Gasteiger partial charge in [0.25, 0.3) is 0 Å². The number of hydrogen-bond donors (Lipinski definition) is 2. The first kappa shape index (κ1) is 16.6. The van der Waals surface area contributed by atoms with Crippen LogP contribution in [0, 0.1) is 0 Å². The topological polar surface area (TPSA) is 66.8 Å². The Morgan fingerprint density at radius 1 is 0.840 bits per heavy atom. The van der Waals surface area contributed by atoms with Gasteiger partial charge < -0.3 is 14.9 Å². The lowest BCUT2D eigenvalue weighted by Gasteiger charge is -2.11. The van der Waals surface area contributed by atoms with E-state index in [0.29, 0.717) is 17.9 Å². The molecule has 3 aromatic rings. The monoisotopic (exact) mass is 334 g/mol. The van der Waals surface area contributed by atoms with Crippen LogP contribution in [0.15, 0.2) is 72.8 Å². The van der Waals surface area contributed by atoms with Crippen LogP contribution in [0.2, 0.25) is 0 Å². The van der Waals surface area contributed by atoms with Crippen LogP contribution in [0.25, 0.3) is 11.1 Å². The molecule has 0 saturated heterocycles. The standard InChI is InChI=1S/C21H18O4/c22-19-8-6-17(7-9-19)18-10-16(12-21(23)24)11-20(13-18)25-14-15-4-2-1-3-5-15/h1-11,13,22H,12,14H2,(H,23,24). The molecule has 0 aliphatic rings. The highest BCUT2D eigenvalue weighted by Crippen LogP contribution is 2.28. The summed E-state index contributed by atoms with van der Waals surface area (Å²) in [5.41, 5.74) is 3.44. The van der Waals surface area contributed by atoms with Crippen LogP contribution in [-0.2, 0) is 17.8 Å². The molecular formula is C21H18O4. The van der Waals surface area contributed by atoms with Crippen molar-refractivity contribution in [2.24, 2.45) is 0 Å². The Balaban J connectivity index is 1.89. The molecule has 0 radical (unpaired) electrons. The highest BCUT2D eigenvalue weighted by Gasteiger charge is 2.08. The first-order valence-corrected chi connectivity index (χ1v) is 7.92. The number of carboxylic acid groups (broad SMARTS) is 1. The third kappa shape index (κ3) is 4.61. The van der Waals surface area contributed by atoms with Gasteiger partial charge in [-0.15, -0.1) is 0 Å². The highest BCUT2D eigenvalue weighted by atomic mass is 16.5. The largest absolute Gasteiger partial charge is 0.508 e. The zero-order valence-corrected chi connectivity index (χ0v) is 13.6. The number of phenols is 1. The van der Waals surface area contributed by atoms with Gasteiger partial charge in [-0.25, -0.2) is 0 Å². The van der Waals surface area contributed by atoms with Gasteiger partial charge in [-0.2, -0.15) is 0 Å². The average Bonchev–Trinajstić information content (AvgIpc) is 2.61. The van der Waals surface area contributed by atoms with Crippen LogP contribution in [0.5, 0.6) is 11.5 Å². The zero-order valence-electron chi connectivity index (χ0n) is 13.6. The van der Waals surface area contributed by atoms with Crippen molar-refractivity contribution >= 4 is 5.97 Å². The third-order valence-corrected chi connectivity index (χ3v) is 3.77. The molecular weight excluding hydrogens is 316 g/mol. The Labute approximate surface area is 146 Å². The van der Waals surface area contributed by atoms with E-state index in [2.05, 4.69) is 0 Å². The molecule has 0 fully saturated rings. The second kappa shape index (κ2) is 7.53. The van der Waals surface area contributed by atoms with Crippen LogP contribution in [-0.4, -0.2) is 16.2 Å². The summed E-state index contributed by atoms with van der Waals surface area (Å²) < 4.78 is 5.86. The first-order chi connectivity index (χ1) is 12.1. The van der Waals surface area contributed by atoms with Crippen molar-refractivity contribution in [1.29, 1.82) is 0 Å². The van der Waals surface area contributed by atoms with E-state index in [1.165, 1.54) is 0 Å².